The van der Waals surface area contributed by atoms with Crippen molar-refractivity contribution in [3.05, 3.63) is 222 Å². The zero-order valence-corrected chi connectivity index (χ0v) is 35.7. The molecule has 2 aromatic heterocycles. The van der Waals surface area contributed by atoms with E-state index < -0.39 is 11.7 Å². The summed E-state index contributed by atoms with van der Waals surface area (Å²) in [5.41, 5.74) is 11.4. The Morgan fingerprint density at radius 3 is 1.46 bits per heavy atom. The Labute approximate surface area is 387 Å². The van der Waals surface area contributed by atoms with Crippen LogP contribution < -0.4 is 0 Å². The number of halogens is 3. The van der Waals surface area contributed by atoms with Crippen molar-refractivity contribution in [2.45, 2.75) is 6.18 Å². The number of nitrogens with zero attached hydrogens (tertiary/aromatic N) is 6. The van der Waals surface area contributed by atoms with Gasteiger partial charge < -0.3 is 9.13 Å². The predicted molar refractivity (Wildman–Crippen MR) is 262 cm³/mol. The third-order valence-corrected chi connectivity index (χ3v) is 12.6. The number of hydrogen-bond acceptors (Lipinski definition) is 3. The van der Waals surface area contributed by atoms with Crippen LogP contribution in [0.1, 0.15) is 22.3 Å². The van der Waals surface area contributed by atoms with E-state index in [4.69, 9.17) is 6.57 Å². The molecule has 0 N–H and O–H groups in total. The second-order valence-electron chi connectivity index (χ2n) is 16.5. The van der Waals surface area contributed by atoms with Crippen molar-refractivity contribution in [2.24, 2.45) is 0 Å². The smallest absolute Gasteiger partial charge is 0.309 e. The normalized spacial score (nSPS) is 11.4. The molecule has 9 heteroatoms. The van der Waals surface area contributed by atoms with Gasteiger partial charge in [-0.2, -0.15) is 29.0 Å². The maximum absolute atomic E-state index is 14.0. The molecular weight excluding hydrogens is 850 g/mol. The van der Waals surface area contributed by atoms with E-state index in [0.29, 0.717) is 39.1 Å². The van der Waals surface area contributed by atoms with Crippen molar-refractivity contribution < 1.29 is 13.2 Å². The average Bonchev–Trinajstić information content (AvgIpc) is 3.90. The summed E-state index contributed by atoms with van der Waals surface area (Å²) in [4.78, 5) is 3.58. The molecule has 6 nitrogen and oxygen atoms in total. The van der Waals surface area contributed by atoms with Gasteiger partial charge in [-0.15, -0.1) is 0 Å². The third kappa shape index (κ3) is 6.79. The van der Waals surface area contributed by atoms with Gasteiger partial charge in [0.25, 0.3) is 0 Å². The van der Waals surface area contributed by atoms with Crippen molar-refractivity contribution in [2.75, 3.05) is 0 Å². The van der Waals surface area contributed by atoms with Crippen molar-refractivity contribution in [3.63, 3.8) is 0 Å². The molecule has 0 aliphatic rings. The van der Waals surface area contributed by atoms with Gasteiger partial charge in [0.2, 0.25) is 0 Å². The van der Waals surface area contributed by atoms with Crippen LogP contribution in [0.2, 0.25) is 0 Å². The van der Waals surface area contributed by atoms with E-state index in [9.17, 15) is 29.0 Å². The molecule has 0 atom stereocenters. The number of para-hydroxylation sites is 2. The summed E-state index contributed by atoms with van der Waals surface area (Å²) in [7, 11) is 0. The first-order chi connectivity index (χ1) is 33.1. The Bertz CT molecular complexity index is 4090. The quantitative estimate of drug-likeness (QED) is 0.156. The predicted octanol–water partition coefficient (Wildman–Crippen LogP) is 15.7. The Balaban J connectivity index is 1.21. The van der Waals surface area contributed by atoms with E-state index in [1.165, 1.54) is 6.07 Å². The fourth-order valence-electron chi connectivity index (χ4n) is 9.53. The standard InChI is InChI=1S/C59H31F3N6/c1-66-52-32-44(59(60,61)62)20-22-45(52)43-19-25-56(67-53-14-4-2-12-46(53)49-29-41(17-23-55(49)67)39-10-6-8-36(26-39)33-63)51(31-43)48-21-16-38(35-65)28-58(48)68-54-15-5-3-13-47(54)50-30-42(18-24-57(50)68)40-11-7-9-37(27-40)34-64/h2-32H. The third-order valence-electron chi connectivity index (χ3n) is 12.6. The lowest BCUT2D eigenvalue weighted by atomic mass is 9.93. The maximum atomic E-state index is 14.0. The van der Waals surface area contributed by atoms with Gasteiger partial charge in [-0.25, -0.2) is 4.85 Å². The fraction of sp³-hybridized carbons (Fsp3) is 0.0169. The van der Waals surface area contributed by atoms with Gasteiger partial charge in [0.1, 0.15) is 0 Å². The van der Waals surface area contributed by atoms with E-state index in [1.54, 1.807) is 18.2 Å². The summed E-state index contributed by atoms with van der Waals surface area (Å²) >= 11 is 0. The van der Waals surface area contributed by atoms with Gasteiger partial charge in [-0.05, 0) is 124 Å². The molecule has 11 rings (SSSR count). The zero-order valence-electron chi connectivity index (χ0n) is 35.7. The molecular formula is C59H31F3N6. The first-order valence-electron chi connectivity index (χ1n) is 21.5. The van der Waals surface area contributed by atoms with Crippen LogP contribution >= 0.6 is 0 Å². The molecule has 2 heterocycles. The van der Waals surface area contributed by atoms with Crippen LogP contribution in [0.25, 0.3) is 104 Å². The highest BCUT2D eigenvalue weighted by Crippen LogP contribution is 2.45. The summed E-state index contributed by atoms with van der Waals surface area (Å²) in [6.45, 7) is 8.00. The van der Waals surface area contributed by atoms with Crippen LogP contribution in [0.15, 0.2) is 188 Å². The van der Waals surface area contributed by atoms with Crippen molar-refractivity contribution in [1.82, 2.24) is 9.13 Å². The minimum atomic E-state index is -4.64. The summed E-state index contributed by atoms with van der Waals surface area (Å²) < 4.78 is 46.3. The summed E-state index contributed by atoms with van der Waals surface area (Å²) in [5.74, 6) is 0. The Morgan fingerprint density at radius 1 is 0.397 bits per heavy atom. The molecule has 0 amide bonds. The number of benzene rings is 9. The molecule has 0 saturated carbocycles. The van der Waals surface area contributed by atoms with E-state index in [-0.39, 0.29) is 5.69 Å². The molecule has 0 spiro atoms. The van der Waals surface area contributed by atoms with E-state index in [0.717, 1.165) is 89.2 Å². The van der Waals surface area contributed by atoms with Gasteiger partial charge in [0.05, 0.1) is 74.9 Å². The van der Waals surface area contributed by atoms with E-state index in [2.05, 4.69) is 62.5 Å². The molecule has 0 unspecified atom stereocenters. The van der Waals surface area contributed by atoms with Gasteiger partial charge >= 0.3 is 6.18 Å². The van der Waals surface area contributed by atoms with Crippen molar-refractivity contribution in [1.29, 1.82) is 15.8 Å². The van der Waals surface area contributed by atoms with Crippen LogP contribution in [-0.2, 0) is 6.18 Å². The highest BCUT2D eigenvalue weighted by molar-refractivity contribution is 6.13. The topological polar surface area (TPSA) is 85.6 Å². The zero-order chi connectivity index (χ0) is 46.7. The first kappa shape index (κ1) is 41.1. The summed E-state index contributed by atoms with van der Waals surface area (Å²) in [6, 6.07) is 64.8. The Morgan fingerprint density at radius 2 is 0.897 bits per heavy atom. The molecule has 9 aromatic carbocycles. The molecule has 0 radical (unpaired) electrons. The lowest BCUT2D eigenvalue weighted by Crippen LogP contribution is -2.04. The molecule has 11 aromatic rings. The Hall–Kier alpha value is -9.67. The molecule has 0 fully saturated rings. The summed E-state index contributed by atoms with van der Waals surface area (Å²) in [6.07, 6.45) is -4.64. The molecule has 0 saturated heterocycles. The Kier molecular flexibility index (Phi) is 9.72. The van der Waals surface area contributed by atoms with Gasteiger partial charge in [-0.1, -0.05) is 97.1 Å². The van der Waals surface area contributed by atoms with Crippen LogP contribution in [0, 0.1) is 40.6 Å². The molecule has 68 heavy (non-hydrogen) atoms. The van der Waals surface area contributed by atoms with Gasteiger partial charge in [0, 0.05) is 38.2 Å². The highest BCUT2D eigenvalue weighted by Gasteiger charge is 2.31. The second-order valence-corrected chi connectivity index (χ2v) is 16.5. The minimum Gasteiger partial charge on any atom is -0.309 e. The van der Waals surface area contributed by atoms with Crippen LogP contribution in [0.3, 0.4) is 0 Å². The lowest BCUT2D eigenvalue weighted by Gasteiger charge is -2.20. The number of alkyl halides is 3. The number of fused-ring (bicyclic) bond motifs is 6. The van der Waals surface area contributed by atoms with Crippen LogP contribution in [-0.4, -0.2) is 9.13 Å². The van der Waals surface area contributed by atoms with Crippen molar-refractivity contribution >= 4 is 49.3 Å². The minimum absolute atomic E-state index is 0.137. The monoisotopic (exact) mass is 880 g/mol. The van der Waals surface area contributed by atoms with Crippen LogP contribution in [0.5, 0.6) is 0 Å². The fourth-order valence-corrected chi connectivity index (χ4v) is 9.53. The molecule has 318 valence electrons. The molecule has 0 aliphatic carbocycles. The lowest BCUT2D eigenvalue weighted by molar-refractivity contribution is -0.137. The van der Waals surface area contributed by atoms with Gasteiger partial charge in [-0.3, -0.25) is 0 Å². The largest absolute Gasteiger partial charge is 0.415 e. The average molecular weight is 881 g/mol. The SMILES string of the molecule is [C-]#[N+]c1cc(C(F)(F)F)ccc1-c1ccc(-n2c3ccccc3c3cc(-c4cccc(C#N)c4)ccc32)c(-c2ccc(C#N)cc2-n2c3ccccc3c3cc(-c4cccc(C#N)c4)ccc32)c1. The molecule has 0 bridgehead atoms. The number of aromatic nitrogens is 2. The summed E-state index contributed by atoms with van der Waals surface area (Å²) in [5, 5.41) is 33.7. The van der Waals surface area contributed by atoms with E-state index in [1.807, 2.05) is 121 Å². The number of nitriles is 3. The second kappa shape index (κ2) is 16.1. The van der Waals surface area contributed by atoms with E-state index >= 15 is 0 Å². The number of rotatable bonds is 6. The first-order valence-corrected chi connectivity index (χ1v) is 21.5. The van der Waals surface area contributed by atoms with Crippen molar-refractivity contribution in [3.8, 4) is 74.1 Å². The van der Waals surface area contributed by atoms with Gasteiger partial charge in [0.15, 0.2) is 5.69 Å². The molecule has 0 aliphatic heterocycles. The van der Waals surface area contributed by atoms with Crippen LogP contribution in [0.4, 0.5) is 18.9 Å². The highest BCUT2D eigenvalue weighted by atomic mass is 19.4. The number of hydrogen-bond donors (Lipinski definition) is 0. The maximum Gasteiger partial charge on any atom is 0.415 e.